The minimum absolute atomic E-state index is 0.0487. The molecule has 1 aromatic rings. The van der Waals surface area contributed by atoms with Gasteiger partial charge >= 0.3 is 6.03 Å². The Balaban J connectivity index is 2.83. The summed E-state index contributed by atoms with van der Waals surface area (Å²) in [4.78, 5) is 11.6. The van der Waals surface area contributed by atoms with Gasteiger partial charge in [-0.05, 0) is 39.0 Å². The Bertz CT molecular complexity index is 483. The molecule has 0 saturated heterocycles. The van der Waals surface area contributed by atoms with E-state index in [1.807, 2.05) is 20.8 Å². The van der Waals surface area contributed by atoms with Gasteiger partial charge < -0.3 is 16.4 Å². The average molecular weight is 269 g/mol. The predicted octanol–water partition coefficient (Wildman–Crippen LogP) is 2.38. The Morgan fingerprint density at radius 2 is 2.00 bits per heavy atom. The van der Waals surface area contributed by atoms with Gasteiger partial charge in [-0.15, -0.1) is 0 Å². The van der Waals surface area contributed by atoms with Crippen molar-refractivity contribution in [1.82, 2.24) is 5.32 Å². The Hall–Kier alpha value is -1.69. The smallest absolute Gasteiger partial charge is 0.319 e. The number of amides is 2. The minimum Gasteiger partial charge on any atom is -0.389 e. The lowest BCUT2D eigenvalue weighted by atomic mass is 10.1. The van der Waals surface area contributed by atoms with Crippen molar-refractivity contribution < 1.29 is 9.18 Å². The van der Waals surface area contributed by atoms with Crippen molar-refractivity contribution in [2.24, 2.45) is 5.73 Å². The van der Waals surface area contributed by atoms with Crippen molar-refractivity contribution in [3.05, 3.63) is 29.6 Å². The summed E-state index contributed by atoms with van der Waals surface area (Å²) in [6, 6.07) is 3.68. The third-order valence-corrected chi connectivity index (χ3v) is 2.20. The number of hydrogen-bond acceptors (Lipinski definition) is 2. The molecule has 6 heteroatoms. The van der Waals surface area contributed by atoms with Gasteiger partial charge in [-0.3, -0.25) is 0 Å². The highest BCUT2D eigenvalue weighted by Crippen LogP contribution is 2.15. The summed E-state index contributed by atoms with van der Waals surface area (Å²) in [5, 5.41) is 5.31. The zero-order valence-electron chi connectivity index (χ0n) is 10.5. The number of thiocarbonyl (C=S) groups is 1. The summed E-state index contributed by atoms with van der Waals surface area (Å²) >= 11 is 4.72. The first-order valence-corrected chi connectivity index (χ1v) is 5.78. The Labute approximate surface area is 111 Å². The fourth-order valence-electron chi connectivity index (χ4n) is 1.29. The molecule has 0 atom stereocenters. The molecule has 0 aromatic heterocycles. The molecule has 1 rings (SSSR count). The normalized spacial score (nSPS) is 10.9. The van der Waals surface area contributed by atoms with Gasteiger partial charge in [-0.1, -0.05) is 12.2 Å². The van der Waals surface area contributed by atoms with E-state index in [2.05, 4.69) is 10.6 Å². The molecular formula is C12H16FN3OS. The van der Waals surface area contributed by atoms with Crippen LogP contribution in [0.1, 0.15) is 26.3 Å². The average Bonchev–Trinajstić information content (AvgIpc) is 2.17. The summed E-state index contributed by atoms with van der Waals surface area (Å²) < 4.78 is 13.3. The lowest BCUT2D eigenvalue weighted by Crippen LogP contribution is -2.43. The summed E-state index contributed by atoms with van der Waals surface area (Å²) in [6.07, 6.45) is 0. The molecule has 4 N–H and O–H groups in total. The molecule has 0 spiro atoms. The van der Waals surface area contributed by atoms with E-state index in [0.29, 0.717) is 5.69 Å². The molecule has 98 valence electrons. The largest absolute Gasteiger partial charge is 0.389 e. The van der Waals surface area contributed by atoms with Gasteiger partial charge in [0.1, 0.15) is 10.8 Å². The molecule has 4 nitrogen and oxygen atoms in total. The van der Waals surface area contributed by atoms with E-state index in [1.165, 1.54) is 18.2 Å². The van der Waals surface area contributed by atoms with Gasteiger partial charge in [0.25, 0.3) is 0 Å². The first-order chi connectivity index (χ1) is 8.19. The zero-order chi connectivity index (χ0) is 13.9. The van der Waals surface area contributed by atoms with Crippen LogP contribution in [0.25, 0.3) is 0 Å². The van der Waals surface area contributed by atoms with E-state index in [0.717, 1.165) is 0 Å². The van der Waals surface area contributed by atoms with Crippen LogP contribution in [0.3, 0.4) is 0 Å². The van der Waals surface area contributed by atoms with Crippen LogP contribution in [0.4, 0.5) is 14.9 Å². The first-order valence-electron chi connectivity index (χ1n) is 5.37. The second kappa shape index (κ2) is 5.30. The van der Waals surface area contributed by atoms with Gasteiger partial charge in [-0.25, -0.2) is 9.18 Å². The van der Waals surface area contributed by atoms with E-state index in [1.54, 1.807) is 0 Å². The maximum absolute atomic E-state index is 13.3. The SMILES string of the molecule is CC(C)(C)NC(=O)Nc1ccc(F)c(C(N)=S)c1. The number of rotatable bonds is 2. The van der Waals surface area contributed by atoms with Crippen LogP contribution < -0.4 is 16.4 Å². The second-order valence-electron chi connectivity index (χ2n) is 4.89. The van der Waals surface area contributed by atoms with E-state index in [-0.39, 0.29) is 22.1 Å². The number of nitrogens with two attached hydrogens (primary N) is 1. The fourth-order valence-corrected chi connectivity index (χ4v) is 1.45. The van der Waals surface area contributed by atoms with Crippen LogP contribution in [-0.2, 0) is 0 Å². The highest BCUT2D eigenvalue weighted by Gasteiger charge is 2.14. The lowest BCUT2D eigenvalue weighted by molar-refractivity contribution is 0.244. The number of carbonyl (C=O) groups excluding carboxylic acids is 1. The lowest BCUT2D eigenvalue weighted by Gasteiger charge is -2.20. The van der Waals surface area contributed by atoms with Gasteiger partial charge in [0.2, 0.25) is 0 Å². The molecule has 0 bridgehead atoms. The van der Waals surface area contributed by atoms with Crippen molar-refractivity contribution in [2.75, 3.05) is 5.32 Å². The summed E-state index contributed by atoms with van der Waals surface area (Å²) in [7, 11) is 0. The van der Waals surface area contributed by atoms with Gasteiger partial charge in [0.15, 0.2) is 0 Å². The van der Waals surface area contributed by atoms with Crippen LogP contribution in [-0.4, -0.2) is 16.6 Å². The Morgan fingerprint density at radius 3 is 2.50 bits per heavy atom. The number of urea groups is 1. The first kappa shape index (κ1) is 14.4. The van der Waals surface area contributed by atoms with Crippen LogP contribution in [0.15, 0.2) is 18.2 Å². The summed E-state index contributed by atoms with van der Waals surface area (Å²) in [5.41, 5.74) is 5.57. The van der Waals surface area contributed by atoms with E-state index in [9.17, 15) is 9.18 Å². The van der Waals surface area contributed by atoms with Crippen molar-refractivity contribution in [2.45, 2.75) is 26.3 Å². The molecular weight excluding hydrogens is 253 g/mol. The third-order valence-electron chi connectivity index (χ3n) is 1.98. The molecule has 0 aliphatic heterocycles. The quantitative estimate of drug-likeness (QED) is 0.722. The molecule has 1 aromatic carbocycles. The standard InChI is InChI=1S/C12H16FN3OS/c1-12(2,3)16-11(17)15-7-4-5-9(13)8(6-7)10(14)18/h4-6H,1-3H3,(H2,14,18)(H2,15,16,17). The molecule has 0 radical (unpaired) electrons. The number of anilines is 1. The zero-order valence-corrected chi connectivity index (χ0v) is 11.3. The van der Waals surface area contributed by atoms with Gasteiger partial charge in [0.05, 0.1) is 0 Å². The third kappa shape index (κ3) is 4.29. The van der Waals surface area contributed by atoms with Gasteiger partial charge in [0, 0.05) is 16.8 Å². The molecule has 2 amide bonds. The number of nitrogens with one attached hydrogen (secondary N) is 2. The van der Waals surface area contributed by atoms with Crippen molar-refractivity contribution in [1.29, 1.82) is 0 Å². The molecule has 18 heavy (non-hydrogen) atoms. The highest BCUT2D eigenvalue weighted by atomic mass is 32.1. The van der Waals surface area contributed by atoms with Crippen LogP contribution in [0.2, 0.25) is 0 Å². The molecule has 0 fully saturated rings. The number of halogens is 1. The van der Waals surface area contributed by atoms with Crippen molar-refractivity contribution in [3.63, 3.8) is 0 Å². The van der Waals surface area contributed by atoms with Crippen LogP contribution >= 0.6 is 12.2 Å². The van der Waals surface area contributed by atoms with Crippen molar-refractivity contribution in [3.8, 4) is 0 Å². The topological polar surface area (TPSA) is 67.2 Å². The van der Waals surface area contributed by atoms with Crippen molar-refractivity contribution >= 4 is 28.9 Å². The molecule has 0 saturated carbocycles. The maximum Gasteiger partial charge on any atom is 0.319 e. The highest BCUT2D eigenvalue weighted by molar-refractivity contribution is 7.80. The van der Waals surface area contributed by atoms with E-state index in [4.69, 9.17) is 18.0 Å². The van der Waals surface area contributed by atoms with E-state index >= 15 is 0 Å². The minimum atomic E-state index is -0.510. The monoisotopic (exact) mass is 269 g/mol. The molecule has 0 aliphatic carbocycles. The van der Waals surface area contributed by atoms with E-state index < -0.39 is 5.82 Å². The summed E-state index contributed by atoms with van der Waals surface area (Å²) in [6.45, 7) is 5.58. The predicted molar refractivity (Wildman–Crippen MR) is 74.2 cm³/mol. The Kier molecular flexibility index (Phi) is 4.24. The number of hydrogen-bond donors (Lipinski definition) is 3. The number of carbonyl (C=O) groups is 1. The van der Waals surface area contributed by atoms with Crippen LogP contribution in [0, 0.1) is 5.82 Å². The molecule has 0 aliphatic rings. The fraction of sp³-hybridized carbons (Fsp3) is 0.333. The molecule has 0 heterocycles. The second-order valence-corrected chi connectivity index (χ2v) is 5.33. The maximum atomic E-state index is 13.3. The number of benzene rings is 1. The van der Waals surface area contributed by atoms with Crippen LogP contribution in [0.5, 0.6) is 0 Å². The Morgan fingerprint density at radius 1 is 1.39 bits per heavy atom. The van der Waals surface area contributed by atoms with Gasteiger partial charge in [-0.2, -0.15) is 0 Å². The molecule has 0 unspecified atom stereocenters. The summed E-state index contributed by atoms with van der Waals surface area (Å²) in [5.74, 6) is -0.510.